The summed E-state index contributed by atoms with van der Waals surface area (Å²) in [7, 11) is -3.44. The normalized spacial score (nSPS) is 18.4. The smallest absolute Gasteiger partial charge is 0.243 e. The first-order valence-electron chi connectivity index (χ1n) is 7.11. The lowest BCUT2D eigenvalue weighted by Crippen LogP contribution is -2.38. The zero-order valence-electron chi connectivity index (χ0n) is 12.7. The Balaban J connectivity index is 2.50. The number of anilines is 1. The van der Waals surface area contributed by atoms with Gasteiger partial charge in [-0.1, -0.05) is 6.92 Å². The Hall–Kier alpha value is -1.07. The summed E-state index contributed by atoms with van der Waals surface area (Å²) in [4.78, 5) is 0.407. The predicted molar refractivity (Wildman–Crippen MR) is 82.2 cm³/mol. The van der Waals surface area contributed by atoms with Crippen LogP contribution >= 0.6 is 0 Å². The average Bonchev–Trinajstić information content (AvgIpc) is 2.37. The maximum absolute atomic E-state index is 12.9. The number of hydrogen-bond donors (Lipinski definition) is 1. The number of nitrogens with two attached hydrogens (primary N) is 1. The Morgan fingerprint density at radius 2 is 1.70 bits per heavy atom. The Morgan fingerprint density at radius 1 is 1.15 bits per heavy atom. The van der Waals surface area contributed by atoms with E-state index in [1.165, 1.54) is 0 Å². The molecule has 1 aromatic rings. The first kappa shape index (κ1) is 15.3. The zero-order valence-corrected chi connectivity index (χ0v) is 13.5. The molecule has 0 amide bonds. The van der Waals surface area contributed by atoms with Crippen LogP contribution in [0, 0.1) is 26.7 Å². The highest BCUT2D eigenvalue weighted by atomic mass is 32.2. The molecule has 0 aliphatic carbocycles. The lowest BCUT2D eigenvalue weighted by atomic mass is 10.0. The molecule has 0 atom stereocenters. The van der Waals surface area contributed by atoms with Gasteiger partial charge in [-0.05, 0) is 62.3 Å². The third-order valence-corrected chi connectivity index (χ3v) is 6.59. The molecule has 2 N–H and O–H groups in total. The Kier molecular flexibility index (Phi) is 4.12. The van der Waals surface area contributed by atoms with Crippen molar-refractivity contribution < 1.29 is 8.42 Å². The number of piperidine rings is 1. The fraction of sp³-hybridized carbons (Fsp3) is 0.600. The molecule has 5 heteroatoms. The molecule has 1 aromatic carbocycles. The molecule has 2 rings (SSSR count). The van der Waals surface area contributed by atoms with Gasteiger partial charge < -0.3 is 5.73 Å². The summed E-state index contributed by atoms with van der Waals surface area (Å²) in [6.07, 6.45) is 1.86. The first-order valence-corrected chi connectivity index (χ1v) is 8.55. The summed E-state index contributed by atoms with van der Waals surface area (Å²) in [6, 6.07) is 1.85. The zero-order chi connectivity index (χ0) is 15.1. The second-order valence-corrected chi connectivity index (χ2v) is 7.82. The number of rotatable bonds is 2. The molecular formula is C15H24N2O2S. The molecule has 112 valence electrons. The van der Waals surface area contributed by atoms with Crippen LogP contribution in [0.2, 0.25) is 0 Å². The maximum Gasteiger partial charge on any atom is 0.243 e. The van der Waals surface area contributed by atoms with E-state index in [1.807, 2.05) is 19.9 Å². The van der Waals surface area contributed by atoms with Crippen molar-refractivity contribution in [2.75, 3.05) is 18.8 Å². The minimum Gasteiger partial charge on any atom is -0.398 e. The van der Waals surface area contributed by atoms with E-state index in [4.69, 9.17) is 5.73 Å². The molecule has 1 aliphatic heterocycles. The lowest BCUT2D eigenvalue weighted by Gasteiger charge is -2.30. The van der Waals surface area contributed by atoms with Crippen molar-refractivity contribution in [1.82, 2.24) is 4.31 Å². The second-order valence-electron chi connectivity index (χ2n) is 5.95. The van der Waals surface area contributed by atoms with Gasteiger partial charge in [0.05, 0.1) is 4.90 Å². The topological polar surface area (TPSA) is 63.4 Å². The minimum atomic E-state index is -3.44. The highest BCUT2D eigenvalue weighted by Crippen LogP contribution is 2.32. The molecule has 0 saturated carbocycles. The van der Waals surface area contributed by atoms with Crippen LogP contribution in [-0.4, -0.2) is 25.8 Å². The van der Waals surface area contributed by atoms with Crippen LogP contribution in [0.4, 0.5) is 5.69 Å². The first-order chi connectivity index (χ1) is 9.25. The van der Waals surface area contributed by atoms with Gasteiger partial charge >= 0.3 is 0 Å². The Labute approximate surface area is 122 Å². The summed E-state index contributed by atoms with van der Waals surface area (Å²) in [5.41, 5.74) is 8.92. The van der Waals surface area contributed by atoms with Crippen molar-refractivity contribution in [3.8, 4) is 0 Å². The fourth-order valence-corrected chi connectivity index (χ4v) is 4.78. The Morgan fingerprint density at radius 3 is 2.25 bits per heavy atom. The van der Waals surface area contributed by atoms with Crippen LogP contribution in [0.3, 0.4) is 0 Å². The summed E-state index contributed by atoms with van der Waals surface area (Å²) in [5.74, 6) is 0.603. The molecule has 1 heterocycles. The number of sulfonamides is 1. The van der Waals surface area contributed by atoms with Crippen LogP contribution in [-0.2, 0) is 10.0 Å². The number of aryl methyl sites for hydroxylation is 1. The average molecular weight is 296 g/mol. The molecule has 1 saturated heterocycles. The molecular weight excluding hydrogens is 272 g/mol. The van der Waals surface area contributed by atoms with Crippen molar-refractivity contribution in [1.29, 1.82) is 0 Å². The lowest BCUT2D eigenvalue weighted by molar-refractivity contribution is 0.288. The van der Waals surface area contributed by atoms with Gasteiger partial charge in [0.2, 0.25) is 10.0 Å². The quantitative estimate of drug-likeness (QED) is 0.853. The van der Waals surface area contributed by atoms with E-state index in [-0.39, 0.29) is 0 Å². The molecule has 1 aliphatic rings. The molecule has 4 nitrogen and oxygen atoms in total. The predicted octanol–water partition coefficient (Wildman–Crippen LogP) is 2.61. The van der Waals surface area contributed by atoms with E-state index in [0.29, 0.717) is 35.2 Å². The van der Waals surface area contributed by atoms with Crippen LogP contribution in [0.1, 0.15) is 36.5 Å². The van der Waals surface area contributed by atoms with Gasteiger partial charge in [-0.15, -0.1) is 0 Å². The van der Waals surface area contributed by atoms with E-state index in [2.05, 4.69) is 6.92 Å². The van der Waals surface area contributed by atoms with Crippen molar-refractivity contribution in [3.63, 3.8) is 0 Å². The number of benzene rings is 1. The van der Waals surface area contributed by atoms with Gasteiger partial charge in [0.15, 0.2) is 0 Å². The molecule has 0 aromatic heterocycles. The summed E-state index contributed by atoms with van der Waals surface area (Å²) < 4.78 is 27.4. The summed E-state index contributed by atoms with van der Waals surface area (Å²) >= 11 is 0. The van der Waals surface area contributed by atoms with Crippen molar-refractivity contribution in [3.05, 3.63) is 22.8 Å². The van der Waals surface area contributed by atoms with Crippen molar-refractivity contribution in [2.45, 2.75) is 45.4 Å². The van der Waals surface area contributed by atoms with E-state index in [9.17, 15) is 8.42 Å². The summed E-state index contributed by atoms with van der Waals surface area (Å²) in [5, 5.41) is 0. The van der Waals surface area contributed by atoms with Crippen molar-refractivity contribution >= 4 is 15.7 Å². The molecule has 20 heavy (non-hydrogen) atoms. The number of hydrogen-bond acceptors (Lipinski definition) is 3. The third kappa shape index (κ3) is 2.56. The van der Waals surface area contributed by atoms with Gasteiger partial charge in [-0.2, -0.15) is 4.31 Å². The third-order valence-electron chi connectivity index (χ3n) is 4.42. The fourth-order valence-electron chi connectivity index (χ4n) is 2.78. The van der Waals surface area contributed by atoms with Gasteiger partial charge in [-0.25, -0.2) is 8.42 Å². The Bertz CT molecular complexity index is 589. The largest absolute Gasteiger partial charge is 0.398 e. The van der Waals surface area contributed by atoms with Gasteiger partial charge in [0, 0.05) is 18.8 Å². The molecule has 1 fully saturated rings. The second kappa shape index (κ2) is 5.37. The number of nitrogen functional groups attached to an aromatic ring is 1. The van der Waals surface area contributed by atoms with Gasteiger partial charge in [0.25, 0.3) is 0 Å². The van der Waals surface area contributed by atoms with Gasteiger partial charge in [0.1, 0.15) is 0 Å². The van der Waals surface area contributed by atoms with E-state index < -0.39 is 10.0 Å². The highest BCUT2D eigenvalue weighted by Gasteiger charge is 2.31. The van der Waals surface area contributed by atoms with Crippen LogP contribution in [0.25, 0.3) is 0 Å². The molecule has 0 radical (unpaired) electrons. The van der Waals surface area contributed by atoms with E-state index >= 15 is 0 Å². The van der Waals surface area contributed by atoms with Crippen LogP contribution < -0.4 is 5.73 Å². The standard InChI is InChI=1S/C15H24N2O2S/c1-10-5-7-17(8-6-10)20(18,19)15-12(3)11(2)9-14(16)13(15)4/h9-10H,5-8,16H2,1-4H3. The maximum atomic E-state index is 12.9. The van der Waals surface area contributed by atoms with E-state index in [0.717, 1.165) is 24.0 Å². The summed E-state index contributed by atoms with van der Waals surface area (Å²) in [6.45, 7) is 8.95. The molecule has 0 bridgehead atoms. The van der Waals surface area contributed by atoms with E-state index in [1.54, 1.807) is 11.2 Å². The van der Waals surface area contributed by atoms with Crippen molar-refractivity contribution in [2.24, 2.45) is 5.92 Å². The SMILES string of the molecule is Cc1cc(N)c(C)c(S(=O)(=O)N2CCC(C)CC2)c1C. The number of nitrogens with zero attached hydrogens (tertiary/aromatic N) is 1. The minimum absolute atomic E-state index is 0.407. The van der Waals surface area contributed by atoms with Crippen LogP contribution in [0.15, 0.2) is 11.0 Å². The van der Waals surface area contributed by atoms with Gasteiger partial charge in [-0.3, -0.25) is 0 Å². The monoisotopic (exact) mass is 296 g/mol. The van der Waals surface area contributed by atoms with Crippen LogP contribution in [0.5, 0.6) is 0 Å². The molecule has 0 unspecified atom stereocenters. The highest BCUT2D eigenvalue weighted by molar-refractivity contribution is 7.89. The molecule has 0 spiro atoms.